The van der Waals surface area contributed by atoms with Gasteiger partial charge in [0.1, 0.15) is 5.82 Å². The molecule has 0 aliphatic rings. The second-order valence-corrected chi connectivity index (χ2v) is 5.50. The molecule has 1 N–H and O–H groups in total. The molecule has 8 heteroatoms. The van der Waals surface area contributed by atoms with Crippen LogP contribution in [0.1, 0.15) is 18.9 Å². The number of carbonyl (C=O) groups is 2. The SMILES string of the molecule is CC(=O)N(CCC(=O)Nc1ccc(C(F)(F)F)cc1)c1ccccc1F. The minimum Gasteiger partial charge on any atom is -0.326 e. The van der Waals surface area contributed by atoms with Gasteiger partial charge in [-0.15, -0.1) is 0 Å². The number of halogens is 4. The van der Waals surface area contributed by atoms with Crippen LogP contribution in [-0.4, -0.2) is 18.4 Å². The van der Waals surface area contributed by atoms with Gasteiger partial charge in [0.2, 0.25) is 11.8 Å². The van der Waals surface area contributed by atoms with Crippen LogP contribution in [0.5, 0.6) is 0 Å². The summed E-state index contributed by atoms with van der Waals surface area (Å²) in [6, 6.07) is 9.66. The average Bonchev–Trinajstić information content (AvgIpc) is 2.56. The molecular weight excluding hydrogens is 352 g/mol. The molecule has 0 atom stereocenters. The normalized spacial score (nSPS) is 11.1. The van der Waals surface area contributed by atoms with Gasteiger partial charge in [-0.05, 0) is 36.4 Å². The number of rotatable bonds is 5. The molecule has 0 saturated heterocycles. The topological polar surface area (TPSA) is 49.4 Å². The second kappa shape index (κ2) is 7.99. The Hall–Kier alpha value is -2.90. The summed E-state index contributed by atoms with van der Waals surface area (Å²) in [6.45, 7) is 1.18. The summed E-state index contributed by atoms with van der Waals surface area (Å²) in [7, 11) is 0. The molecule has 2 rings (SSSR count). The van der Waals surface area contributed by atoms with E-state index >= 15 is 0 Å². The monoisotopic (exact) mass is 368 g/mol. The van der Waals surface area contributed by atoms with Gasteiger partial charge in [-0.25, -0.2) is 4.39 Å². The highest BCUT2D eigenvalue weighted by Gasteiger charge is 2.30. The van der Waals surface area contributed by atoms with Crippen LogP contribution in [0.2, 0.25) is 0 Å². The van der Waals surface area contributed by atoms with Crippen molar-refractivity contribution >= 4 is 23.2 Å². The Kier molecular flexibility index (Phi) is 5.97. The Labute approximate surface area is 147 Å². The summed E-state index contributed by atoms with van der Waals surface area (Å²) in [4.78, 5) is 24.8. The predicted molar refractivity (Wildman–Crippen MR) is 89.1 cm³/mol. The molecule has 0 aliphatic carbocycles. The van der Waals surface area contributed by atoms with E-state index in [4.69, 9.17) is 0 Å². The van der Waals surface area contributed by atoms with Crippen LogP contribution in [0, 0.1) is 5.82 Å². The van der Waals surface area contributed by atoms with Gasteiger partial charge in [0, 0.05) is 25.6 Å². The molecule has 0 radical (unpaired) electrons. The van der Waals surface area contributed by atoms with Crippen molar-refractivity contribution < 1.29 is 27.2 Å². The summed E-state index contributed by atoms with van der Waals surface area (Å²) >= 11 is 0. The molecule has 0 fully saturated rings. The highest BCUT2D eigenvalue weighted by molar-refractivity contribution is 5.94. The Morgan fingerprint density at radius 2 is 1.65 bits per heavy atom. The van der Waals surface area contributed by atoms with Gasteiger partial charge in [-0.2, -0.15) is 13.2 Å². The Morgan fingerprint density at radius 3 is 2.19 bits per heavy atom. The summed E-state index contributed by atoms with van der Waals surface area (Å²) < 4.78 is 51.3. The number of amides is 2. The molecule has 26 heavy (non-hydrogen) atoms. The first-order valence-corrected chi connectivity index (χ1v) is 7.68. The van der Waals surface area contributed by atoms with Crippen LogP contribution in [0.25, 0.3) is 0 Å². The minimum atomic E-state index is -4.45. The van der Waals surface area contributed by atoms with E-state index in [1.165, 1.54) is 25.1 Å². The number of para-hydroxylation sites is 1. The van der Waals surface area contributed by atoms with Crippen LogP contribution in [0.3, 0.4) is 0 Å². The number of alkyl halides is 3. The first-order chi connectivity index (χ1) is 12.2. The van der Waals surface area contributed by atoms with Gasteiger partial charge in [-0.1, -0.05) is 12.1 Å². The number of nitrogens with zero attached hydrogens (tertiary/aromatic N) is 1. The zero-order valence-corrected chi connectivity index (χ0v) is 13.8. The molecule has 2 aromatic rings. The number of benzene rings is 2. The molecular formula is C18H16F4N2O2. The fourth-order valence-electron chi connectivity index (χ4n) is 2.30. The lowest BCUT2D eigenvalue weighted by Gasteiger charge is -2.21. The molecule has 0 aliphatic heterocycles. The predicted octanol–water partition coefficient (Wildman–Crippen LogP) is 4.23. The maximum Gasteiger partial charge on any atom is 0.416 e. The highest BCUT2D eigenvalue weighted by Crippen LogP contribution is 2.29. The summed E-state index contributed by atoms with van der Waals surface area (Å²) in [5.41, 5.74) is -0.566. The zero-order chi connectivity index (χ0) is 19.3. The van der Waals surface area contributed by atoms with E-state index in [2.05, 4.69) is 5.32 Å². The van der Waals surface area contributed by atoms with Crippen molar-refractivity contribution in [1.82, 2.24) is 0 Å². The van der Waals surface area contributed by atoms with Crippen LogP contribution < -0.4 is 10.2 Å². The van der Waals surface area contributed by atoms with Crippen molar-refractivity contribution in [3.63, 3.8) is 0 Å². The van der Waals surface area contributed by atoms with E-state index < -0.39 is 29.4 Å². The van der Waals surface area contributed by atoms with E-state index in [-0.39, 0.29) is 24.3 Å². The molecule has 4 nitrogen and oxygen atoms in total. The van der Waals surface area contributed by atoms with E-state index in [1.807, 2.05) is 0 Å². The quantitative estimate of drug-likeness (QED) is 0.803. The average molecular weight is 368 g/mol. The third kappa shape index (κ3) is 5.05. The number of anilines is 2. The first-order valence-electron chi connectivity index (χ1n) is 7.68. The maximum absolute atomic E-state index is 13.8. The van der Waals surface area contributed by atoms with Crippen molar-refractivity contribution in [3.8, 4) is 0 Å². The number of nitrogens with one attached hydrogen (secondary N) is 1. The fourth-order valence-corrected chi connectivity index (χ4v) is 2.30. The van der Waals surface area contributed by atoms with Crippen molar-refractivity contribution in [2.45, 2.75) is 19.5 Å². The maximum atomic E-state index is 13.8. The largest absolute Gasteiger partial charge is 0.416 e. The fraction of sp³-hybridized carbons (Fsp3) is 0.222. The smallest absolute Gasteiger partial charge is 0.326 e. The Morgan fingerprint density at radius 1 is 1.04 bits per heavy atom. The standard InChI is InChI=1S/C18H16F4N2O2/c1-12(25)24(16-5-3-2-4-15(16)19)11-10-17(26)23-14-8-6-13(7-9-14)18(20,21)22/h2-9H,10-11H2,1H3,(H,23,26). The molecule has 0 aromatic heterocycles. The van der Waals surface area contributed by atoms with E-state index in [1.54, 1.807) is 6.07 Å². The van der Waals surface area contributed by atoms with E-state index in [0.717, 1.165) is 29.2 Å². The van der Waals surface area contributed by atoms with Crippen LogP contribution in [-0.2, 0) is 15.8 Å². The third-order valence-corrected chi connectivity index (χ3v) is 3.58. The van der Waals surface area contributed by atoms with Crippen molar-refractivity contribution in [3.05, 3.63) is 59.9 Å². The minimum absolute atomic E-state index is 0.0577. The van der Waals surface area contributed by atoms with Gasteiger partial charge >= 0.3 is 6.18 Å². The van der Waals surface area contributed by atoms with Crippen molar-refractivity contribution in [1.29, 1.82) is 0 Å². The summed E-state index contributed by atoms with van der Waals surface area (Å²) in [5, 5.41) is 2.44. The van der Waals surface area contributed by atoms with Crippen molar-refractivity contribution in [2.75, 3.05) is 16.8 Å². The van der Waals surface area contributed by atoms with E-state index in [9.17, 15) is 27.2 Å². The number of carbonyl (C=O) groups excluding carboxylic acids is 2. The van der Waals surface area contributed by atoms with Gasteiger partial charge in [0.25, 0.3) is 0 Å². The molecule has 0 spiro atoms. The lowest BCUT2D eigenvalue weighted by molar-refractivity contribution is -0.137. The molecule has 2 aromatic carbocycles. The second-order valence-electron chi connectivity index (χ2n) is 5.50. The highest BCUT2D eigenvalue weighted by atomic mass is 19.4. The molecule has 2 amide bonds. The summed E-state index contributed by atoms with van der Waals surface area (Å²) in [6.07, 6.45) is -4.60. The Bertz CT molecular complexity index is 789. The Balaban J connectivity index is 1.99. The van der Waals surface area contributed by atoms with Crippen LogP contribution >= 0.6 is 0 Å². The number of hydrogen-bond acceptors (Lipinski definition) is 2. The van der Waals surface area contributed by atoms with Gasteiger partial charge < -0.3 is 10.2 Å². The lowest BCUT2D eigenvalue weighted by atomic mass is 10.2. The van der Waals surface area contributed by atoms with Crippen molar-refractivity contribution in [2.24, 2.45) is 0 Å². The van der Waals surface area contributed by atoms with Gasteiger partial charge in [0.05, 0.1) is 11.3 Å². The molecule has 0 heterocycles. The van der Waals surface area contributed by atoms with Crippen LogP contribution in [0.4, 0.5) is 28.9 Å². The molecule has 0 saturated carbocycles. The van der Waals surface area contributed by atoms with Gasteiger partial charge in [-0.3, -0.25) is 9.59 Å². The zero-order valence-electron chi connectivity index (χ0n) is 13.8. The molecule has 0 unspecified atom stereocenters. The lowest BCUT2D eigenvalue weighted by Crippen LogP contribution is -2.32. The number of hydrogen-bond donors (Lipinski definition) is 1. The van der Waals surface area contributed by atoms with E-state index in [0.29, 0.717) is 0 Å². The van der Waals surface area contributed by atoms with Gasteiger partial charge in [0.15, 0.2) is 0 Å². The molecule has 138 valence electrons. The molecule has 0 bridgehead atoms. The first kappa shape index (κ1) is 19.4. The van der Waals surface area contributed by atoms with Crippen LogP contribution in [0.15, 0.2) is 48.5 Å². The third-order valence-electron chi connectivity index (χ3n) is 3.58. The summed E-state index contributed by atoms with van der Waals surface area (Å²) in [5.74, 6) is -1.53.